The van der Waals surface area contributed by atoms with Crippen LogP contribution >= 0.6 is 11.8 Å². The van der Waals surface area contributed by atoms with Crippen LogP contribution in [-0.2, 0) is 23.0 Å². The van der Waals surface area contributed by atoms with Gasteiger partial charge in [-0.15, -0.1) is 11.8 Å². The van der Waals surface area contributed by atoms with E-state index in [1.165, 1.54) is 5.56 Å². The molecule has 4 rings (SSSR count). The Hall–Kier alpha value is -2.22. The van der Waals surface area contributed by atoms with Gasteiger partial charge < -0.3 is 9.72 Å². The predicted molar refractivity (Wildman–Crippen MR) is 112 cm³/mol. The Balaban J connectivity index is 1.70. The number of aromatic nitrogens is 1. The number of rotatable bonds is 5. The molecule has 146 valence electrons. The van der Waals surface area contributed by atoms with Crippen molar-refractivity contribution in [1.82, 2.24) is 9.29 Å². The zero-order chi connectivity index (χ0) is 19.7. The lowest BCUT2D eigenvalue weighted by Crippen LogP contribution is -2.36. The molecule has 0 fully saturated rings. The van der Waals surface area contributed by atoms with Gasteiger partial charge in [0.15, 0.2) is 0 Å². The van der Waals surface area contributed by atoms with E-state index in [0.717, 1.165) is 28.1 Å². The second kappa shape index (κ2) is 7.66. The van der Waals surface area contributed by atoms with E-state index in [9.17, 15) is 8.42 Å². The number of thioether (sulfide) groups is 1. The van der Waals surface area contributed by atoms with Crippen LogP contribution in [0, 0.1) is 0 Å². The van der Waals surface area contributed by atoms with Crippen LogP contribution in [0.1, 0.15) is 11.1 Å². The van der Waals surface area contributed by atoms with Crippen molar-refractivity contribution >= 4 is 21.8 Å². The molecular formula is C21H22N2O3S2. The molecule has 28 heavy (non-hydrogen) atoms. The van der Waals surface area contributed by atoms with E-state index in [1.54, 1.807) is 47.6 Å². The normalized spacial score (nSPS) is 14.6. The van der Waals surface area contributed by atoms with Crippen molar-refractivity contribution in [3.8, 4) is 17.0 Å². The molecule has 1 N–H and O–H groups in total. The van der Waals surface area contributed by atoms with E-state index >= 15 is 0 Å². The fourth-order valence-corrected chi connectivity index (χ4v) is 5.45. The SMILES string of the molecule is COc1ccc(S(=O)(=O)N2CCc3ccc(SC)cc3C2)cc1-c1ccc[nH]1. The Morgan fingerprint density at radius 3 is 2.68 bits per heavy atom. The number of methoxy groups -OCH3 is 1. The Morgan fingerprint density at radius 1 is 1.11 bits per heavy atom. The van der Waals surface area contributed by atoms with Crippen molar-refractivity contribution in [2.75, 3.05) is 19.9 Å². The molecule has 0 saturated carbocycles. The van der Waals surface area contributed by atoms with Crippen molar-refractivity contribution in [3.63, 3.8) is 0 Å². The standard InChI is InChI=1S/C21H22N2O3S2/c1-26-21-8-7-18(13-19(21)20-4-3-10-22-20)28(24,25)23-11-9-15-5-6-17(27-2)12-16(15)14-23/h3-8,10,12-13,22H,9,11,14H2,1-2H3. The fraction of sp³-hybridized carbons (Fsp3) is 0.238. The molecule has 0 spiro atoms. The van der Waals surface area contributed by atoms with E-state index in [0.29, 0.717) is 18.8 Å². The van der Waals surface area contributed by atoms with Crippen LogP contribution in [0.25, 0.3) is 11.3 Å². The van der Waals surface area contributed by atoms with Crippen molar-refractivity contribution in [2.24, 2.45) is 0 Å². The first-order valence-electron chi connectivity index (χ1n) is 9.00. The molecule has 0 aliphatic carbocycles. The van der Waals surface area contributed by atoms with Gasteiger partial charge in [0.05, 0.1) is 12.0 Å². The minimum Gasteiger partial charge on any atom is -0.496 e. The number of nitrogens with zero attached hydrogens (tertiary/aromatic N) is 1. The quantitative estimate of drug-likeness (QED) is 0.637. The average molecular weight is 415 g/mol. The summed E-state index contributed by atoms with van der Waals surface area (Å²) in [7, 11) is -2.02. The first kappa shape index (κ1) is 19.1. The van der Waals surface area contributed by atoms with Crippen molar-refractivity contribution in [2.45, 2.75) is 22.8 Å². The molecule has 5 nitrogen and oxygen atoms in total. The highest BCUT2D eigenvalue weighted by atomic mass is 32.2. The van der Waals surface area contributed by atoms with Crippen LogP contribution < -0.4 is 4.74 Å². The zero-order valence-corrected chi connectivity index (χ0v) is 17.4. The fourth-order valence-electron chi connectivity index (χ4n) is 3.54. The third kappa shape index (κ3) is 3.45. The van der Waals surface area contributed by atoms with Crippen molar-refractivity contribution in [3.05, 3.63) is 65.9 Å². The Kier molecular flexibility index (Phi) is 5.23. The molecule has 0 atom stereocenters. The minimum absolute atomic E-state index is 0.280. The van der Waals surface area contributed by atoms with Gasteiger partial charge in [0.1, 0.15) is 5.75 Å². The van der Waals surface area contributed by atoms with Gasteiger partial charge in [0, 0.05) is 35.4 Å². The van der Waals surface area contributed by atoms with Gasteiger partial charge in [-0.1, -0.05) is 6.07 Å². The third-order valence-electron chi connectivity index (χ3n) is 5.09. The number of benzene rings is 2. The Bertz CT molecular complexity index is 1090. The maximum Gasteiger partial charge on any atom is 0.243 e. The predicted octanol–water partition coefficient (Wildman–Crippen LogP) is 4.16. The first-order chi connectivity index (χ1) is 13.5. The number of ether oxygens (including phenoxy) is 1. The number of nitrogens with one attached hydrogen (secondary N) is 1. The number of aromatic amines is 1. The van der Waals surface area contributed by atoms with E-state index in [4.69, 9.17) is 4.74 Å². The largest absolute Gasteiger partial charge is 0.496 e. The highest BCUT2D eigenvalue weighted by molar-refractivity contribution is 7.98. The molecule has 7 heteroatoms. The smallest absolute Gasteiger partial charge is 0.243 e. The molecule has 1 aliphatic heterocycles. The zero-order valence-electron chi connectivity index (χ0n) is 15.8. The van der Waals surface area contributed by atoms with Gasteiger partial charge in [-0.2, -0.15) is 4.31 Å². The number of sulfonamides is 1. The van der Waals surface area contributed by atoms with E-state index in [-0.39, 0.29) is 4.90 Å². The molecule has 0 saturated heterocycles. The summed E-state index contributed by atoms with van der Waals surface area (Å²) in [4.78, 5) is 4.55. The van der Waals surface area contributed by atoms with Gasteiger partial charge in [-0.05, 0) is 66.3 Å². The maximum absolute atomic E-state index is 13.3. The second-order valence-corrected chi connectivity index (χ2v) is 9.49. The molecule has 2 aromatic carbocycles. The molecule has 3 aromatic rings. The monoisotopic (exact) mass is 414 g/mol. The highest BCUT2D eigenvalue weighted by Crippen LogP contribution is 2.33. The minimum atomic E-state index is -3.61. The highest BCUT2D eigenvalue weighted by Gasteiger charge is 2.29. The second-order valence-electron chi connectivity index (χ2n) is 6.67. The summed E-state index contributed by atoms with van der Waals surface area (Å²) in [5.74, 6) is 0.634. The molecule has 1 aromatic heterocycles. The van der Waals surface area contributed by atoms with Crippen LogP contribution in [0.4, 0.5) is 0 Å². The lowest BCUT2D eigenvalue weighted by atomic mass is 10.0. The summed E-state index contributed by atoms with van der Waals surface area (Å²) in [5.41, 5.74) is 3.86. The summed E-state index contributed by atoms with van der Waals surface area (Å²) in [6, 6.07) is 15.1. The average Bonchev–Trinajstić information content (AvgIpc) is 3.27. The number of hydrogen-bond acceptors (Lipinski definition) is 4. The molecule has 1 aliphatic rings. The molecule has 0 amide bonds. The first-order valence-corrected chi connectivity index (χ1v) is 11.7. The van der Waals surface area contributed by atoms with Crippen LogP contribution in [0.5, 0.6) is 5.75 Å². The molecule has 0 unspecified atom stereocenters. The number of H-pyrrole nitrogens is 1. The van der Waals surface area contributed by atoms with Crippen LogP contribution in [0.15, 0.2) is 64.5 Å². The summed E-state index contributed by atoms with van der Waals surface area (Å²) >= 11 is 1.67. The third-order valence-corrected chi connectivity index (χ3v) is 7.65. The Labute approximate surface area is 169 Å². The lowest BCUT2D eigenvalue weighted by Gasteiger charge is -2.28. The molecule has 0 radical (unpaired) electrons. The summed E-state index contributed by atoms with van der Waals surface area (Å²) < 4.78 is 33.7. The molecule has 0 bridgehead atoms. The summed E-state index contributed by atoms with van der Waals surface area (Å²) in [6.07, 6.45) is 4.56. The van der Waals surface area contributed by atoms with E-state index in [1.807, 2.05) is 18.4 Å². The number of hydrogen-bond donors (Lipinski definition) is 1. The summed E-state index contributed by atoms with van der Waals surface area (Å²) in [6.45, 7) is 0.883. The maximum atomic E-state index is 13.3. The molecular weight excluding hydrogens is 392 g/mol. The van der Waals surface area contributed by atoms with Crippen molar-refractivity contribution < 1.29 is 13.2 Å². The van der Waals surface area contributed by atoms with Crippen LogP contribution in [0.2, 0.25) is 0 Å². The Morgan fingerprint density at radius 2 is 1.96 bits per heavy atom. The number of fused-ring (bicyclic) bond motifs is 1. The van der Waals surface area contributed by atoms with Crippen LogP contribution in [-0.4, -0.2) is 37.6 Å². The van der Waals surface area contributed by atoms with Gasteiger partial charge in [0.25, 0.3) is 0 Å². The topological polar surface area (TPSA) is 62.4 Å². The van der Waals surface area contributed by atoms with Crippen molar-refractivity contribution in [1.29, 1.82) is 0 Å². The van der Waals surface area contributed by atoms with E-state index < -0.39 is 10.0 Å². The summed E-state index contributed by atoms with van der Waals surface area (Å²) in [5, 5.41) is 0. The van der Waals surface area contributed by atoms with Crippen LogP contribution in [0.3, 0.4) is 0 Å². The van der Waals surface area contributed by atoms with Gasteiger partial charge in [-0.25, -0.2) is 8.42 Å². The van der Waals surface area contributed by atoms with Gasteiger partial charge >= 0.3 is 0 Å². The van der Waals surface area contributed by atoms with E-state index in [2.05, 4.69) is 23.2 Å². The lowest BCUT2D eigenvalue weighted by molar-refractivity contribution is 0.390. The van der Waals surface area contributed by atoms with Gasteiger partial charge in [-0.3, -0.25) is 0 Å². The molecule has 2 heterocycles. The van der Waals surface area contributed by atoms with Gasteiger partial charge in [0.2, 0.25) is 10.0 Å².